The number of unbranched alkanes of at least 4 members (excludes halogenated alkanes) is 1. The van der Waals surface area contributed by atoms with Gasteiger partial charge in [0.05, 0.1) is 0 Å². The molecule has 0 aromatic rings. The summed E-state index contributed by atoms with van der Waals surface area (Å²) < 4.78 is 0. The van der Waals surface area contributed by atoms with Crippen molar-refractivity contribution in [2.24, 2.45) is 0 Å². The number of piperidine rings is 1. The maximum atomic E-state index is 11.9. The molecule has 0 aromatic carbocycles. The molecule has 0 spiro atoms. The molecule has 2 amide bonds. The molecule has 4 nitrogen and oxygen atoms in total. The van der Waals surface area contributed by atoms with Crippen molar-refractivity contribution in [3.05, 3.63) is 0 Å². The van der Waals surface area contributed by atoms with Gasteiger partial charge in [0.25, 0.3) is 0 Å². The molecule has 0 bridgehead atoms. The molecule has 1 heterocycles. The van der Waals surface area contributed by atoms with E-state index in [4.69, 9.17) is 0 Å². The van der Waals surface area contributed by atoms with Gasteiger partial charge in [-0.05, 0) is 32.4 Å². The highest BCUT2D eigenvalue weighted by Crippen LogP contribution is 2.14. The maximum Gasteiger partial charge on any atom is 0.229 e. The van der Waals surface area contributed by atoms with Gasteiger partial charge in [-0.25, -0.2) is 0 Å². The lowest BCUT2D eigenvalue weighted by Crippen LogP contribution is -2.48. The summed E-state index contributed by atoms with van der Waals surface area (Å²) in [7, 11) is 0. The first-order valence-electron chi connectivity index (χ1n) is 6.20. The third kappa shape index (κ3) is 3.59. The number of carbonyl (C=O) groups is 2. The van der Waals surface area contributed by atoms with E-state index in [1.807, 2.05) is 0 Å². The van der Waals surface area contributed by atoms with Gasteiger partial charge >= 0.3 is 0 Å². The first kappa shape index (κ1) is 13.2. The number of amides is 2. The number of rotatable bonds is 4. The predicted octanol–water partition coefficient (Wildman–Crippen LogP) is 1.30. The Kier molecular flexibility index (Phi) is 5.46. The van der Waals surface area contributed by atoms with Crippen LogP contribution in [0, 0.1) is 0 Å². The van der Waals surface area contributed by atoms with Gasteiger partial charge in [0.1, 0.15) is 0 Å². The number of hydrogen-bond donors (Lipinski definition) is 1. The summed E-state index contributed by atoms with van der Waals surface area (Å²) in [5.41, 5.74) is 0. The van der Waals surface area contributed by atoms with E-state index in [-0.39, 0.29) is 17.9 Å². The normalized spacial score (nSPS) is 17.1. The largest absolute Gasteiger partial charge is 0.317 e. The summed E-state index contributed by atoms with van der Waals surface area (Å²) >= 11 is 0. The van der Waals surface area contributed by atoms with E-state index in [9.17, 15) is 9.59 Å². The third-order valence-electron chi connectivity index (χ3n) is 3.03. The van der Waals surface area contributed by atoms with Crippen molar-refractivity contribution in [1.29, 1.82) is 0 Å². The fourth-order valence-electron chi connectivity index (χ4n) is 2.15. The summed E-state index contributed by atoms with van der Waals surface area (Å²) in [5.74, 6) is -0.103. The van der Waals surface area contributed by atoms with Crippen LogP contribution in [-0.4, -0.2) is 35.8 Å². The molecule has 0 aromatic heterocycles. The molecule has 0 aliphatic carbocycles. The Labute approximate surface area is 97.4 Å². The standard InChI is InChI=1S/C12H22N2O2/c1-3-4-5-12(16)14(10(2)15)11-6-8-13-9-7-11/h11,13H,3-9H2,1-2H3. The average Bonchev–Trinajstić information content (AvgIpc) is 2.27. The van der Waals surface area contributed by atoms with Crippen LogP contribution in [0.4, 0.5) is 0 Å². The number of imide groups is 1. The Balaban J connectivity index is 2.58. The summed E-state index contributed by atoms with van der Waals surface area (Å²) in [6.45, 7) is 5.34. The molecule has 0 unspecified atom stereocenters. The minimum absolute atomic E-state index is 0.00116. The van der Waals surface area contributed by atoms with Gasteiger partial charge in [-0.1, -0.05) is 13.3 Å². The van der Waals surface area contributed by atoms with E-state index in [0.717, 1.165) is 38.8 Å². The van der Waals surface area contributed by atoms with Crippen molar-refractivity contribution in [2.75, 3.05) is 13.1 Å². The van der Waals surface area contributed by atoms with Gasteiger partial charge in [-0.3, -0.25) is 14.5 Å². The van der Waals surface area contributed by atoms with Crippen molar-refractivity contribution in [2.45, 2.75) is 52.0 Å². The van der Waals surface area contributed by atoms with Crippen LogP contribution >= 0.6 is 0 Å². The molecule has 1 saturated heterocycles. The zero-order valence-corrected chi connectivity index (χ0v) is 10.3. The van der Waals surface area contributed by atoms with Crippen molar-refractivity contribution in [3.63, 3.8) is 0 Å². The molecule has 0 atom stereocenters. The van der Waals surface area contributed by atoms with Crippen LogP contribution in [0.5, 0.6) is 0 Å². The van der Waals surface area contributed by atoms with Crippen molar-refractivity contribution in [3.8, 4) is 0 Å². The average molecular weight is 226 g/mol. The highest BCUT2D eigenvalue weighted by Gasteiger charge is 2.27. The van der Waals surface area contributed by atoms with E-state index < -0.39 is 0 Å². The van der Waals surface area contributed by atoms with E-state index in [0.29, 0.717) is 6.42 Å². The fourth-order valence-corrected chi connectivity index (χ4v) is 2.15. The Morgan fingerprint density at radius 1 is 1.31 bits per heavy atom. The molecule has 4 heteroatoms. The Morgan fingerprint density at radius 3 is 2.44 bits per heavy atom. The number of carbonyl (C=O) groups excluding carboxylic acids is 2. The van der Waals surface area contributed by atoms with Crippen LogP contribution in [0.15, 0.2) is 0 Å². The van der Waals surface area contributed by atoms with Crippen LogP contribution in [0.1, 0.15) is 46.0 Å². The van der Waals surface area contributed by atoms with Gasteiger partial charge < -0.3 is 5.32 Å². The molecule has 0 saturated carbocycles. The molecular formula is C12H22N2O2. The molecular weight excluding hydrogens is 204 g/mol. The number of hydrogen-bond acceptors (Lipinski definition) is 3. The lowest BCUT2D eigenvalue weighted by Gasteiger charge is -2.32. The molecule has 1 aliphatic rings. The molecule has 1 fully saturated rings. The molecule has 92 valence electrons. The Morgan fingerprint density at radius 2 is 1.94 bits per heavy atom. The second-order valence-corrected chi connectivity index (χ2v) is 4.37. The van der Waals surface area contributed by atoms with Gasteiger partial charge in [0.15, 0.2) is 0 Å². The van der Waals surface area contributed by atoms with Crippen LogP contribution in [0.3, 0.4) is 0 Å². The third-order valence-corrected chi connectivity index (χ3v) is 3.03. The van der Waals surface area contributed by atoms with Gasteiger partial charge in [0.2, 0.25) is 11.8 Å². The Bertz CT molecular complexity index is 247. The van der Waals surface area contributed by atoms with E-state index >= 15 is 0 Å². The SMILES string of the molecule is CCCCC(=O)N(C(C)=O)C1CCNCC1. The number of nitrogens with one attached hydrogen (secondary N) is 1. The van der Waals surface area contributed by atoms with Crippen molar-refractivity contribution in [1.82, 2.24) is 10.2 Å². The Hall–Kier alpha value is -0.900. The molecule has 16 heavy (non-hydrogen) atoms. The molecule has 1 aliphatic heterocycles. The minimum atomic E-state index is -0.104. The van der Waals surface area contributed by atoms with Crippen molar-refractivity contribution >= 4 is 11.8 Å². The predicted molar refractivity (Wildman–Crippen MR) is 62.9 cm³/mol. The zero-order chi connectivity index (χ0) is 12.0. The minimum Gasteiger partial charge on any atom is -0.317 e. The van der Waals surface area contributed by atoms with Gasteiger partial charge in [-0.2, -0.15) is 0 Å². The van der Waals surface area contributed by atoms with E-state index in [2.05, 4.69) is 12.2 Å². The van der Waals surface area contributed by atoms with Gasteiger partial charge in [-0.15, -0.1) is 0 Å². The quantitative estimate of drug-likeness (QED) is 0.786. The first-order valence-corrected chi connectivity index (χ1v) is 6.20. The van der Waals surface area contributed by atoms with Gasteiger partial charge in [0, 0.05) is 19.4 Å². The second-order valence-electron chi connectivity index (χ2n) is 4.37. The first-order chi connectivity index (χ1) is 7.66. The summed E-state index contributed by atoms with van der Waals surface area (Å²) in [5, 5.41) is 3.24. The monoisotopic (exact) mass is 226 g/mol. The summed E-state index contributed by atoms with van der Waals surface area (Å²) in [6, 6.07) is 0.114. The van der Waals surface area contributed by atoms with Crippen LogP contribution < -0.4 is 5.32 Å². The van der Waals surface area contributed by atoms with Crippen LogP contribution in [0.25, 0.3) is 0 Å². The maximum absolute atomic E-state index is 11.9. The van der Waals surface area contributed by atoms with E-state index in [1.54, 1.807) is 0 Å². The number of nitrogens with zero attached hydrogens (tertiary/aromatic N) is 1. The summed E-state index contributed by atoms with van der Waals surface area (Å²) in [4.78, 5) is 24.9. The van der Waals surface area contributed by atoms with Crippen LogP contribution in [-0.2, 0) is 9.59 Å². The smallest absolute Gasteiger partial charge is 0.229 e. The highest BCUT2D eigenvalue weighted by molar-refractivity contribution is 5.94. The molecule has 1 N–H and O–H groups in total. The lowest BCUT2D eigenvalue weighted by atomic mass is 10.0. The van der Waals surface area contributed by atoms with Crippen molar-refractivity contribution < 1.29 is 9.59 Å². The summed E-state index contributed by atoms with van der Waals surface area (Å²) in [6.07, 6.45) is 4.13. The fraction of sp³-hybridized carbons (Fsp3) is 0.833. The molecule has 1 rings (SSSR count). The molecule has 0 radical (unpaired) electrons. The zero-order valence-electron chi connectivity index (χ0n) is 10.3. The van der Waals surface area contributed by atoms with Crippen LogP contribution in [0.2, 0.25) is 0 Å². The topological polar surface area (TPSA) is 49.4 Å². The lowest BCUT2D eigenvalue weighted by molar-refractivity contribution is -0.147. The van der Waals surface area contributed by atoms with E-state index in [1.165, 1.54) is 11.8 Å². The second kappa shape index (κ2) is 6.63. The highest BCUT2D eigenvalue weighted by atomic mass is 16.2.